The van der Waals surface area contributed by atoms with E-state index in [-0.39, 0.29) is 6.04 Å². The van der Waals surface area contributed by atoms with Crippen molar-refractivity contribution >= 4 is 6.03 Å². The molecule has 1 aliphatic rings. The number of urea groups is 1. The minimum absolute atomic E-state index is 0.210. The number of amides is 2. The zero-order valence-corrected chi connectivity index (χ0v) is 10.3. The van der Waals surface area contributed by atoms with Crippen LogP contribution in [0, 0.1) is 0 Å². The molecular weight excluding hydrogens is 257 g/mol. The highest BCUT2D eigenvalue weighted by Gasteiger charge is 2.28. The Balaban J connectivity index is 1.95. The Labute approximate surface area is 109 Å². The van der Waals surface area contributed by atoms with Crippen LogP contribution in [0.5, 0.6) is 0 Å². The van der Waals surface area contributed by atoms with Crippen LogP contribution in [-0.2, 0) is 6.42 Å². The van der Waals surface area contributed by atoms with Gasteiger partial charge < -0.3 is 10.6 Å². The number of carbonyl (C=O) groups excluding carboxylic acids is 1. The summed E-state index contributed by atoms with van der Waals surface area (Å²) in [6, 6.07) is 6.69. The first-order valence-electron chi connectivity index (χ1n) is 6.14. The molecule has 3 nitrogen and oxygen atoms in total. The third-order valence-corrected chi connectivity index (χ3v) is 3.12. The van der Waals surface area contributed by atoms with Crippen LogP contribution >= 0.6 is 0 Å². The molecule has 2 amide bonds. The molecule has 1 aromatic rings. The Morgan fingerprint density at radius 2 is 2.05 bits per heavy atom. The number of nitrogens with one attached hydrogen (secondary N) is 2. The molecule has 2 rings (SSSR count). The van der Waals surface area contributed by atoms with Crippen molar-refractivity contribution in [2.75, 3.05) is 6.54 Å². The maximum atomic E-state index is 12.0. The number of benzene rings is 1. The summed E-state index contributed by atoms with van der Waals surface area (Å²) in [7, 11) is 0. The summed E-state index contributed by atoms with van der Waals surface area (Å²) in [4.78, 5) is 11.4. The normalized spacial score (nSPS) is 18.6. The van der Waals surface area contributed by atoms with Crippen molar-refractivity contribution in [1.82, 2.24) is 10.6 Å². The van der Waals surface area contributed by atoms with Crippen LogP contribution in [0.2, 0.25) is 0 Å². The van der Waals surface area contributed by atoms with E-state index in [0.29, 0.717) is 0 Å². The van der Waals surface area contributed by atoms with Crippen LogP contribution in [0.4, 0.5) is 18.0 Å². The van der Waals surface area contributed by atoms with Gasteiger partial charge in [0, 0.05) is 0 Å². The van der Waals surface area contributed by atoms with Gasteiger partial charge in [-0.15, -0.1) is 0 Å². The van der Waals surface area contributed by atoms with E-state index < -0.39 is 18.8 Å². The highest BCUT2D eigenvalue weighted by Crippen LogP contribution is 2.29. The lowest BCUT2D eigenvalue weighted by Crippen LogP contribution is -2.42. The molecule has 104 valence electrons. The molecule has 0 heterocycles. The molecule has 6 heteroatoms. The minimum atomic E-state index is -4.39. The number of aryl methyl sites for hydroxylation is 1. The van der Waals surface area contributed by atoms with E-state index in [4.69, 9.17) is 0 Å². The summed E-state index contributed by atoms with van der Waals surface area (Å²) >= 11 is 0. The van der Waals surface area contributed by atoms with Crippen LogP contribution in [-0.4, -0.2) is 18.8 Å². The fourth-order valence-electron chi connectivity index (χ4n) is 2.29. The Bertz CT molecular complexity index is 459. The van der Waals surface area contributed by atoms with Gasteiger partial charge in [-0.25, -0.2) is 4.79 Å². The Morgan fingerprint density at radius 3 is 2.79 bits per heavy atom. The zero-order valence-electron chi connectivity index (χ0n) is 10.3. The Kier molecular flexibility index (Phi) is 3.97. The smallest absolute Gasteiger partial charge is 0.331 e. The number of halogens is 3. The van der Waals surface area contributed by atoms with E-state index in [1.807, 2.05) is 29.6 Å². The van der Waals surface area contributed by atoms with E-state index in [0.717, 1.165) is 30.4 Å². The summed E-state index contributed by atoms with van der Waals surface area (Å²) in [6.07, 6.45) is -1.78. The number of fused-ring (bicyclic) bond motifs is 1. The van der Waals surface area contributed by atoms with Crippen molar-refractivity contribution in [3.63, 3.8) is 0 Å². The molecular formula is C13H15F3N2O. The third kappa shape index (κ3) is 3.87. The van der Waals surface area contributed by atoms with Crippen LogP contribution in [0.3, 0.4) is 0 Å². The molecule has 1 aliphatic carbocycles. The highest BCUT2D eigenvalue weighted by molar-refractivity contribution is 5.74. The first kappa shape index (κ1) is 13.7. The number of rotatable bonds is 2. The second kappa shape index (κ2) is 5.50. The monoisotopic (exact) mass is 272 g/mol. The zero-order chi connectivity index (χ0) is 13.9. The molecule has 0 saturated heterocycles. The average Bonchev–Trinajstić information content (AvgIpc) is 2.36. The van der Waals surface area contributed by atoms with Gasteiger partial charge in [0.2, 0.25) is 0 Å². The van der Waals surface area contributed by atoms with Gasteiger partial charge in [0.25, 0.3) is 0 Å². The molecule has 2 N–H and O–H groups in total. The molecule has 0 radical (unpaired) electrons. The number of hydrogen-bond donors (Lipinski definition) is 2. The van der Waals surface area contributed by atoms with Crippen molar-refractivity contribution in [2.45, 2.75) is 31.5 Å². The molecule has 1 aromatic carbocycles. The molecule has 0 spiro atoms. The SMILES string of the molecule is O=C(NCC(F)(F)F)NC1CCCc2ccccc21. The van der Waals surface area contributed by atoms with Gasteiger partial charge in [-0.1, -0.05) is 24.3 Å². The predicted octanol–water partition coefficient (Wildman–Crippen LogP) is 2.93. The second-order valence-electron chi connectivity index (χ2n) is 4.59. The van der Waals surface area contributed by atoms with Crippen LogP contribution < -0.4 is 10.6 Å². The molecule has 0 aliphatic heterocycles. The van der Waals surface area contributed by atoms with Gasteiger partial charge in [0.05, 0.1) is 6.04 Å². The maximum absolute atomic E-state index is 12.0. The number of carbonyl (C=O) groups is 1. The van der Waals surface area contributed by atoms with Gasteiger partial charge in [-0.3, -0.25) is 0 Å². The van der Waals surface area contributed by atoms with Crippen molar-refractivity contribution < 1.29 is 18.0 Å². The Hall–Kier alpha value is -1.72. The highest BCUT2D eigenvalue weighted by atomic mass is 19.4. The summed E-state index contributed by atoms with van der Waals surface area (Å²) in [5, 5.41) is 4.42. The molecule has 0 aromatic heterocycles. The van der Waals surface area contributed by atoms with Gasteiger partial charge >= 0.3 is 12.2 Å². The Morgan fingerprint density at radius 1 is 1.32 bits per heavy atom. The van der Waals surface area contributed by atoms with E-state index in [1.54, 1.807) is 0 Å². The topological polar surface area (TPSA) is 41.1 Å². The van der Waals surface area contributed by atoms with E-state index >= 15 is 0 Å². The van der Waals surface area contributed by atoms with E-state index in [1.165, 1.54) is 0 Å². The first-order valence-corrected chi connectivity index (χ1v) is 6.14. The van der Waals surface area contributed by atoms with Gasteiger partial charge in [-0.05, 0) is 30.4 Å². The van der Waals surface area contributed by atoms with Gasteiger partial charge in [0.1, 0.15) is 6.54 Å². The lowest BCUT2D eigenvalue weighted by Gasteiger charge is -2.26. The maximum Gasteiger partial charge on any atom is 0.405 e. The average molecular weight is 272 g/mol. The quantitative estimate of drug-likeness (QED) is 0.854. The molecule has 0 bridgehead atoms. The number of alkyl halides is 3. The molecule has 19 heavy (non-hydrogen) atoms. The van der Waals surface area contributed by atoms with E-state index in [2.05, 4.69) is 5.32 Å². The molecule has 1 unspecified atom stereocenters. The van der Waals surface area contributed by atoms with Crippen LogP contribution in [0.25, 0.3) is 0 Å². The lowest BCUT2D eigenvalue weighted by atomic mass is 9.88. The predicted molar refractivity (Wildman–Crippen MR) is 64.7 cm³/mol. The van der Waals surface area contributed by atoms with Crippen LogP contribution in [0.15, 0.2) is 24.3 Å². The summed E-state index contributed by atoms with van der Waals surface area (Å²) in [5.41, 5.74) is 2.14. The number of hydrogen-bond acceptors (Lipinski definition) is 1. The lowest BCUT2D eigenvalue weighted by molar-refractivity contribution is -0.122. The summed E-state index contributed by atoms with van der Waals surface area (Å²) < 4.78 is 36.0. The van der Waals surface area contributed by atoms with Crippen molar-refractivity contribution in [3.05, 3.63) is 35.4 Å². The van der Waals surface area contributed by atoms with Gasteiger partial charge in [0.15, 0.2) is 0 Å². The molecule has 1 atom stereocenters. The van der Waals surface area contributed by atoms with Crippen molar-refractivity contribution in [3.8, 4) is 0 Å². The van der Waals surface area contributed by atoms with E-state index in [9.17, 15) is 18.0 Å². The summed E-state index contributed by atoms with van der Waals surface area (Å²) in [6.45, 7) is -1.31. The van der Waals surface area contributed by atoms with Crippen LogP contribution in [0.1, 0.15) is 30.0 Å². The fraction of sp³-hybridized carbons (Fsp3) is 0.462. The molecule has 0 saturated carbocycles. The minimum Gasteiger partial charge on any atom is -0.331 e. The van der Waals surface area contributed by atoms with Gasteiger partial charge in [-0.2, -0.15) is 13.2 Å². The standard InChI is InChI=1S/C13H15F3N2O/c14-13(15,16)8-17-12(19)18-11-7-3-5-9-4-1-2-6-10(9)11/h1-2,4,6,11H,3,5,7-8H2,(H2,17,18,19). The second-order valence-corrected chi connectivity index (χ2v) is 4.59. The largest absolute Gasteiger partial charge is 0.405 e. The summed E-state index contributed by atoms with van der Waals surface area (Å²) in [5.74, 6) is 0. The van der Waals surface area contributed by atoms with Crippen molar-refractivity contribution in [1.29, 1.82) is 0 Å². The third-order valence-electron chi connectivity index (χ3n) is 3.12. The fourth-order valence-corrected chi connectivity index (χ4v) is 2.29. The first-order chi connectivity index (χ1) is 8.96. The van der Waals surface area contributed by atoms with Crippen molar-refractivity contribution in [2.24, 2.45) is 0 Å². The molecule has 0 fully saturated rings.